The largest absolute Gasteiger partial charge is 0.379 e. The summed E-state index contributed by atoms with van der Waals surface area (Å²) in [5, 5.41) is 0.627. The van der Waals surface area contributed by atoms with Crippen molar-refractivity contribution in [3.8, 4) is 11.1 Å². The standard InChI is InChI=1S/C15H16N2S/c1-17-15(16)18-11-12-7-9-14(10-8-12)13-5-3-2-4-6-13/h2-10H,11H2,1H3,(H2,16,17). The third-order valence-electron chi connectivity index (χ3n) is 2.67. The first kappa shape index (κ1) is 12.7. The second-order valence-corrected chi connectivity index (χ2v) is 4.91. The van der Waals surface area contributed by atoms with Crippen LogP contribution in [0.25, 0.3) is 11.1 Å². The predicted octanol–water partition coefficient (Wildman–Crippen LogP) is 3.53. The van der Waals surface area contributed by atoms with Crippen LogP contribution < -0.4 is 5.73 Å². The van der Waals surface area contributed by atoms with E-state index in [1.54, 1.807) is 18.8 Å². The van der Waals surface area contributed by atoms with Crippen molar-refractivity contribution in [3.05, 3.63) is 60.2 Å². The maximum Gasteiger partial charge on any atom is 0.153 e. The molecule has 2 rings (SSSR count). The van der Waals surface area contributed by atoms with Crippen LogP contribution in [-0.2, 0) is 5.75 Å². The van der Waals surface area contributed by atoms with Gasteiger partial charge in [0.15, 0.2) is 5.17 Å². The number of hydrogen-bond acceptors (Lipinski definition) is 2. The summed E-state index contributed by atoms with van der Waals surface area (Å²) in [7, 11) is 1.71. The van der Waals surface area contributed by atoms with Crippen LogP contribution in [0, 0.1) is 0 Å². The molecule has 18 heavy (non-hydrogen) atoms. The Morgan fingerprint density at radius 1 is 1.00 bits per heavy atom. The number of benzene rings is 2. The second kappa shape index (κ2) is 6.26. The molecule has 2 N–H and O–H groups in total. The summed E-state index contributed by atoms with van der Waals surface area (Å²) in [4.78, 5) is 3.93. The minimum absolute atomic E-state index is 0.627. The van der Waals surface area contributed by atoms with E-state index in [1.165, 1.54) is 16.7 Å². The van der Waals surface area contributed by atoms with Gasteiger partial charge in [-0.05, 0) is 16.7 Å². The van der Waals surface area contributed by atoms with Crippen molar-refractivity contribution in [1.29, 1.82) is 0 Å². The van der Waals surface area contributed by atoms with Crippen LogP contribution in [0.5, 0.6) is 0 Å². The number of nitrogens with zero attached hydrogens (tertiary/aromatic N) is 1. The van der Waals surface area contributed by atoms with Gasteiger partial charge in [0.05, 0.1) is 0 Å². The van der Waals surface area contributed by atoms with Gasteiger partial charge in [-0.1, -0.05) is 66.4 Å². The lowest BCUT2D eigenvalue weighted by atomic mass is 10.0. The average Bonchev–Trinajstić information content (AvgIpc) is 2.46. The lowest BCUT2D eigenvalue weighted by Crippen LogP contribution is -2.05. The molecule has 0 amide bonds. The molecule has 0 unspecified atom stereocenters. The van der Waals surface area contributed by atoms with Gasteiger partial charge in [0.25, 0.3) is 0 Å². The zero-order chi connectivity index (χ0) is 12.8. The molecule has 0 fully saturated rings. The number of hydrogen-bond donors (Lipinski definition) is 1. The fourth-order valence-corrected chi connectivity index (χ4v) is 2.28. The molecule has 0 atom stereocenters. The molecule has 0 aromatic heterocycles. The highest BCUT2D eigenvalue weighted by Gasteiger charge is 1.99. The molecule has 0 spiro atoms. The molecule has 0 heterocycles. The Labute approximate surface area is 112 Å². The van der Waals surface area contributed by atoms with Gasteiger partial charge in [0.2, 0.25) is 0 Å². The van der Waals surface area contributed by atoms with Crippen molar-refractivity contribution in [2.24, 2.45) is 10.7 Å². The number of rotatable bonds is 3. The summed E-state index contributed by atoms with van der Waals surface area (Å²) in [6.45, 7) is 0. The lowest BCUT2D eigenvalue weighted by molar-refractivity contribution is 1.41. The van der Waals surface area contributed by atoms with Crippen LogP contribution in [0.2, 0.25) is 0 Å². The zero-order valence-electron chi connectivity index (χ0n) is 10.3. The van der Waals surface area contributed by atoms with Gasteiger partial charge in [0, 0.05) is 12.8 Å². The van der Waals surface area contributed by atoms with Gasteiger partial charge < -0.3 is 5.73 Å². The topological polar surface area (TPSA) is 38.4 Å². The van der Waals surface area contributed by atoms with Gasteiger partial charge in [-0.2, -0.15) is 0 Å². The van der Waals surface area contributed by atoms with E-state index in [-0.39, 0.29) is 0 Å². The SMILES string of the molecule is CN=C(N)SCc1ccc(-c2ccccc2)cc1. The lowest BCUT2D eigenvalue weighted by Gasteiger charge is -2.04. The molecule has 3 heteroatoms. The molecule has 0 aliphatic carbocycles. The highest BCUT2D eigenvalue weighted by Crippen LogP contribution is 2.21. The van der Waals surface area contributed by atoms with Crippen LogP contribution in [0.3, 0.4) is 0 Å². The molecular formula is C15H16N2S. The minimum Gasteiger partial charge on any atom is -0.379 e. The summed E-state index contributed by atoms with van der Waals surface area (Å²) in [6.07, 6.45) is 0. The fraction of sp³-hybridized carbons (Fsp3) is 0.133. The van der Waals surface area contributed by atoms with Gasteiger partial charge in [-0.3, -0.25) is 4.99 Å². The number of aliphatic imine (C=N–C) groups is 1. The first-order chi connectivity index (χ1) is 8.79. The third-order valence-corrected chi connectivity index (χ3v) is 3.62. The zero-order valence-corrected chi connectivity index (χ0v) is 11.2. The van der Waals surface area contributed by atoms with E-state index in [2.05, 4.69) is 53.5 Å². The predicted molar refractivity (Wildman–Crippen MR) is 80.7 cm³/mol. The minimum atomic E-state index is 0.627. The van der Waals surface area contributed by atoms with Crippen molar-refractivity contribution in [2.75, 3.05) is 7.05 Å². The first-order valence-corrected chi connectivity index (χ1v) is 6.77. The van der Waals surface area contributed by atoms with Crippen molar-refractivity contribution < 1.29 is 0 Å². The molecule has 2 aromatic carbocycles. The first-order valence-electron chi connectivity index (χ1n) is 5.79. The van der Waals surface area contributed by atoms with E-state index >= 15 is 0 Å². The van der Waals surface area contributed by atoms with E-state index in [4.69, 9.17) is 5.73 Å². The second-order valence-electron chi connectivity index (χ2n) is 3.91. The van der Waals surface area contributed by atoms with Crippen LogP contribution in [0.15, 0.2) is 59.6 Å². The highest BCUT2D eigenvalue weighted by molar-refractivity contribution is 8.13. The summed E-state index contributed by atoms with van der Waals surface area (Å²) in [5.41, 5.74) is 9.39. The summed E-state index contributed by atoms with van der Waals surface area (Å²) < 4.78 is 0. The molecule has 0 aliphatic rings. The maximum atomic E-state index is 5.65. The number of amidine groups is 1. The Morgan fingerprint density at radius 2 is 1.61 bits per heavy atom. The molecule has 0 radical (unpaired) electrons. The van der Waals surface area contributed by atoms with Gasteiger partial charge in [-0.15, -0.1) is 0 Å². The van der Waals surface area contributed by atoms with Crippen molar-refractivity contribution >= 4 is 16.9 Å². The maximum absolute atomic E-state index is 5.65. The number of thioether (sulfide) groups is 1. The Kier molecular flexibility index (Phi) is 4.42. The monoisotopic (exact) mass is 256 g/mol. The van der Waals surface area contributed by atoms with Gasteiger partial charge >= 0.3 is 0 Å². The van der Waals surface area contributed by atoms with Gasteiger partial charge in [0.1, 0.15) is 0 Å². The van der Waals surface area contributed by atoms with E-state index < -0.39 is 0 Å². The van der Waals surface area contributed by atoms with Crippen LogP contribution >= 0.6 is 11.8 Å². The van der Waals surface area contributed by atoms with Crippen molar-refractivity contribution in [2.45, 2.75) is 5.75 Å². The van der Waals surface area contributed by atoms with E-state index in [9.17, 15) is 0 Å². The summed E-state index contributed by atoms with van der Waals surface area (Å²) in [6, 6.07) is 18.9. The summed E-state index contributed by atoms with van der Waals surface area (Å²) >= 11 is 1.56. The van der Waals surface area contributed by atoms with Crippen LogP contribution in [0.4, 0.5) is 0 Å². The average molecular weight is 256 g/mol. The third kappa shape index (κ3) is 3.37. The molecule has 0 saturated heterocycles. The molecule has 2 nitrogen and oxygen atoms in total. The quantitative estimate of drug-likeness (QED) is 0.674. The molecule has 0 aliphatic heterocycles. The van der Waals surface area contributed by atoms with Crippen molar-refractivity contribution in [1.82, 2.24) is 0 Å². The smallest absolute Gasteiger partial charge is 0.153 e. The summed E-state index contributed by atoms with van der Waals surface area (Å²) in [5.74, 6) is 0.859. The van der Waals surface area contributed by atoms with Crippen LogP contribution in [-0.4, -0.2) is 12.2 Å². The van der Waals surface area contributed by atoms with Crippen molar-refractivity contribution in [3.63, 3.8) is 0 Å². The molecule has 92 valence electrons. The Hall–Kier alpha value is -1.74. The molecule has 2 aromatic rings. The Bertz CT molecular complexity index is 518. The van der Waals surface area contributed by atoms with E-state index in [0.717, 1.165) is 5.75 Å². The molecule has 0 bridgehead atoms. The molecule has 0 saturated carbocycles. The Morgan fingerprint density at radius 3 is 2.22 bits per heavy atom. The highest BCUT2D eigenvalue weighted by atomic mass is 32.2. The van der Waals surface area contributed by atoms with Gasteiger partial charge in [-0.25, -0.2) is 0 Å². The Balaban J connectivity index is 2.06. The van der Waals surface area contributed by atoms with Crippen LogP contribution in [0.1, 0.15) is 5.56 Å². The fourth-order valence-electron chi connectivity index (χ4n) is 1.65. The number of nitrogens with two attached hydrogens (primary N) is 1. The molecular weight excluding hydrogens is 240 g/mol. The van der Waals surface area contributed by atoms with E-state index in [0.29, 0.717) is 5.17 Å². The van der Waals surface area contributed by atoms with E-state index in [1.807, 2.05) is 6.07 Å². The normalized spacial score (nSPS) is 11.5.